The molecule has 5 rings (SSSR count). The van der Waals surface area contributed by atoms with Crippen molar-refractivity contribution in [1.29, 1.82) is 0 Å². The first-order valence-electron chi connectivity index (χ1n) is 10.4. The topological polar surface area (TPSA) is 58.1 Å². The number of aromatic nitrogens is 1. The lowest BCUT2D eigenvalue weighted by atomic mass is 10.1. The highest BCUT2D eigenvalue weighted by molar-refractivity contribution is 5.93. The summed E-state index contributed by atoms with van der Waals surface area (Å²) in [6.07, 6.45) is 4.20. The molecule has 0 unspecified atom stereocenters. The largest absolute Gasteiger partial charge is 0.454 e. The van der Waals surface area contributed by atoms with E-state index in [4.69, 9.17) is 9.47 Å². The third-order valence-corrected chi connectivity index (χ3v) is 5.94. The van der Waals surface area contributed by atoms with Gasteiger partial charge < -0.3 is 19.3 Å². The van der Waals surface area contributed by atoms with Gasteiger partial charge in [-0.25, -0.2) is 0 Å². The number of rotatable bonds is 4. The summed E-state index contributed by atoms with van der Waals surface area (Å²) < 4.78 is 10.8. The second-order valence-corrected chi connectivity index (χ2v) is 7.85. The maximum Gasteiger partial charge on any atom is 0.272 e. The predicted molar refractivity (Wildman–Crippen MR) is 109 cm³/mol. The van der Waals surface area contributed by atoms with Crippen LogP contribution >= 0.6 is 0 Å². The molecule has 0 bridgehead atoms. The highest BCUT2D eigenvalue weighted by Crippen LogP contribution is 2.33. The van der Waals surface area contributed by atoms with E-state index >= 15 is 0 Å². The van der Waals surface area contributed by atoms with Crippen LogP contribution < -0.4 is 14.4 Å². The summed E-state index contributed by atoms with van der Waals surface area (Å²) in [5, 5.41) is 0. The molecule has 3 aliphatic rings. The van der Waals surface area contributed by atoms with Crippen molar-refractivity contribution in [3.63, 3.8) is 0 Å². The molecular weight excluding hydrogens is 368 g/mol. The van der Waals surface area contributed by atoms with Crippen molar-refractivity contribution in [1.82, 2.24) is 14.8 Å². The van der Waals surface area contributed by atoms with Crippen molar-refractivity contribution >= 4 is 11.6 Å². The van der Waals surface area contributed by atoms with Crippen molar-refractivity contribution < 1.29 is 14.3 Å². The molecule has 1 amide bonds. The summed E-state index contributed by atoms with van der Waals surface area (Å²) in [7, 11) is 0. The van der Waals surface area contributed by atoms with Gasteiger partial charge >= 0.3 is 0 Å². The van der Waals surface area contributed by atoms with Crippen molar-refractivity contribution in [3.05, 3.63) is 47.8 Å². The van der Waals surface area contributed by atoms with E-state index in [0.717, 1.165) is 63.0 Å². The van der Waals surface area contributed by atoms with Crippen LogP contribution in [0.3, 0.4) is 0 Å². The summed E-state index contributed by atoms with van der Waals surface area (Å²) in [5.74, 6) is 1.67. The zero-order valence-electron chi connectivity index (χ0n) is 16.5. The van der Waals surface area contributed by atoms with Gasteiger partial charge in [-0.15, -0.1) is 0 Å². The van der Waals surface area contributed by atoms with Gasteiger partial charge in [-0.1, -0.05) is 6.07 Å². The fourth-order valence-electron chi connectivity index (χ4n) is 4.28. The van der Waals surface area contributed by atoms with E-state index in [2.05, 4.69) is 20.9 Å². The van der Waals surface area contributed by atoms with Gasteiger partial charge in [-0.2, -0.15) is 0 Å². The minimum absolute atomic E-state index is 0.0359. The van der Waals surface area contributed by atoms with Gasteiger partial charge in [0, 0.05) is 57.7 Å². The summed E-state index contributed by atoms with van der Waals surface area (Å²) >= 11 is 0. The fraction of sp³-hybridized carbons (Fsp3) is 0.455. The Morgan fingerprint density at radius 3 is 2.55 bits per heavy atom. The number of benzene rings is 1. The van der Waals surface area contributed by atoms with Crippen molar-refractivity contribution in [2.24, 2.45) is 0 Å². The van der Waals surface area contributed by atoms with E-state index < -0.39 is 0 Å². The van der Waals surface area contributed by atoms with E-state index in [1.165, 1.54) is 18.4 Å². The summed E-state index contributed by atoms with van der Waals surface area (Å²) in [5.41, 5.74) is 2.87. The van der Waals surface area contributed by atoms with Crippen LogP contribution in [0.2, 0.25) is 0 Å². The molecule has 2 aromatic rings. The molecule has 2 fully saturated rings. The van der Waals surface area contributed by atoms with Gasteiger partial charge in [0.25, 0.3) is 5.91 Å². The lowest BCUT2D eigenvalue weighted by molar-refractivity contribution is 0.0622. The third-order valence-electron chi connectivity index (χ3n) is 5.94. The minimum Gasteiger partial charge on any atom is -0.454 e. The van der Waals surface area contributed by atoms with Crippen LogP contribution in [-0.2, 0) is 6.54 Å². The number of carbonyl (C=O) groups excluding carboxylic acids is 1. The van der Waals surface area contributed by atoms with Crippen LogP contribution in [0, 0.1) is 0 Å². The Hall–Kier alpha value is -2.80. The van der Waals surface area contributed by atoms with E-state index in [1.807, 2.05) is 29.2 Å². The Kier molecular flexibility index (Phi) is 4.97. The van der Waals surface area contributed by atoms with Crippen LogP contribution in [0.15, 0.2) is 36.5 Å². The highest BCUT2D eigenvalue weighted by atomic mass is 16.7. The average molecular weight is 394 g/mol. The lowest BCUT2D eigenvalue weighted by Crippen LogP contribution is -2.48. The van der Waals surface area contributed by atoms with E-state index in [9.17, 15) is 4.79 Å². The molecule has 7 nitrogen and oxygen atoms in total. The number of fused-ring (bicyclic) bond motifs is 1. The molecule has 4 heterocycles. The summed E-state index contributed by atoms with van der Waals surface area (Å²) in [6.45, 7) is 6.43. The molecular formula is C22H26N4O3. The first-order valence-corrected chi connectivity index (χ1v) is 10.4. The van der Waals surface area contributed by atoms with Crippen LogP contribution in [0.1, 0.15) is 28.9 Å². The standard InChI is InChI=1S/C22H26N4O3/c27-22(19-14-18(5-6-23-19)25-7-1-2-8-25)26-11-9-24(10-12-26)15-17-3-4-20-21(13-17)29-16-28-20/h3-6,13-14H,1-2,7-12,15-16H2. The Balaban J connectivity index is 1.18. The van der Waals surface area contributed by atoms with Gasteiger partial charge in [-0.3, -0.25) is 14.7 Å². The van der Waals surface area contributed by atoms with Crippen molar-refractivity contribution in [2.75, 3.05) is 51.0 Å². The first-order chi connectivity index (χ1) is 14.3. The number of nitrogens with zero attached hydrogens (tertiary/aromatic N) is 4. The number of pyridine rings is 1. The van der Waals surface area contributed by atoms with Gasteiger partial charge in [0.2, 0.25) is 6.79 Å². The van der Waals surface area contributed by atoms with Gasteiger partial charge in [0.1, 0.15) is 5.69 Å². The maximum absolute atomic E-state index is 13.0. The van der Waals surface area contributed by atoms with E-state index in [1.54, 1.807) is 6.20 Å². The van der Waals surface area contributed by atoms with Gasteiger partial charge in [-0.05, 0) is 42.7 Å². The molecule has 0 saturated carbocycles. The molecule has 3 aliphatic heterocycles. The van der Waals surface area contributed by atoms with Crippen molar-refractivity contribution in [3.8, 4) is 11.5 Å². The Labute approximate surface area is 170 Å². The molecule has 1 aromatic heterocycles. The molecule has 2 saturated heterocycles. The molecule has 0 aliphatic carbocycles. The smallest absolute Gasteiger partial charge is 0.272 e. The number of ether oxygens (including phenoxy) is 2. The number of carbonyl (C=O) groups is 1. The SMILES string of the molecule is O=C(c1cc(N2CCCC2)ccn1)N1CCN(Cc2ccc3c(c2)OCO3)CC1. The quantitative estimate of drug-likeness (QED) is 0.794. The molecule has 0 radical (unpaired) electrons. The lowest BCUT2D eigenvalue weighted by Gasteiger charge is -2.34. The molecule has 0 spiro atoms. The minimum atomic E-state index is 0.0359. The Morgan fingerprint density at radius 1 is 0.931 bits per heavy atom. The monoisotopic (exact) mass is 394 g/mol. The maximum atomic E-state index is 13.0. The number of hydrogen-bond acceptors (Lipinski definition) is 6. The third kappa shape index (κ3) is 3.87. The van der Waals surface area contributed by atoms with E-state index in [-0.39, 0.29) is 5.91 Å². The Bertz CT molecular complexity index is 889. The molecule has 0 atom stereocenters. The van der Waals surface area contributed by atoms with Crippen LogP contribution in [0.25, 0.3) is 0 Å². The van der Waals surface area contributed by atoms with Crippen LogP contribution in [0.5, 0.6) is 11.5 Å². The van der Waals surface area contributed by atoms with Gasteiger partial charge in [0.15, 0.2) is 11.5 Å². The molecule has 7 heteroatoms. The molecule has 1 aromatic carbocycles. The number of piperazine rings is 1. The van der Waals surface area contributed by atoms with Crippen molar-refractivity contribution in [2.45, 2.75) is 19.4 Å². The summed E-state index contributed by atoms with van der Waals surface area (Å²) in [4.78, 5) is 23.9. The van der Waals surface area contributed by atoms with Gasteiger partial charge in [0.05, 0.1) is 0 Å². The molecule has 29 heavy (non-hydrogen) atoms. The highest BCUT2D eigenvalue weighted by Gasteiger charge is 2.24. The normalized spacial score (nSPS) is 19.0. The average Bonchev–Trinajstić information content (AvgIpc) is 3.46. The fourth-order valence-corrected chi connectivity index (χ4v) is 4.28. The zero-order chi connectivity index (χ0) is 19.6. The molecule has 152 valence electrons. The van der Waals surface area contributed by atoms with E-state index in [0.29, 0.717) is 12.5 Å². The predicted octanol–water partition coefficient (Wildman–Crippen LogP) is 2.37. The molecule has 0 N–H and O–H groups in total. The Morgan fingerprint density at radius 2 is 1.72 bits per heavy atom. The first kappa shape index (κ1) is 18.2. The zero-order valence-corrected chi connectivity index (χ0v) is 16.5. The van der Waals surface area contributed by atoms with Crippen LogP contribution in [-0.4, -0.2) is 66.8 Å². The number of anilines is 1. The second-order valence-electron chi connectivity index (χ2n) is 7.85. The van der Waals surface area contributed by atoms with Crippen LogP contribution in [0.4, 0.5) is 5.69 Å². The second kappa shape index (κ2) is 7.91. The summed E-state index contributed by atoms with van der Waals surface area (Å²) in [6, 6.07) is 10.1. The number of amides is 1. The number of hydrogen-bond donors (Lipinski definition) is 0.